The van der Waals surface area contributed by atoms with E-state index in [2.05, 4.69) is 4.74 Å². The average Bonchev–Trinajstić information content (AvgIpc) is 2.56. The Hall–Kier alpha value is -3.56. The van der Waals surface area contributed by atoms with Crippen LogP contribution in [0.4, 0.5) is 11.4 Å². The minimum atomic E-state index is -1.03. The summed E-state index contributed by atoms with van der Waals surface area (Å²) in [7, 11) is 1.03. The number of hydrogen-bond acceptors (Lipinski definition) is 7. The largest absolute Gasteiger partial charge is 0.465 e. The zero-order valence-corrected chi connectivity index (χ0v) is 12.4. The highest BCUT2D eigenvalue weighted by atomic mass is 16.6. The fraction of sp³-hybridized carbons (Fsp3) is 0.143. The van der Waals surface area contributed by atoms with E-state index in [4.69, 9.17) is 0 Å². The van der Waals surface area contributed by atoms with Gasteiger partial charge in [-0.3, -0.25) is 25.0 Å². The van der Waals surface area contributed by atoms with Crippen molar-refractivity contribution in [3.05, 3.63) is 78.2 Å². The van der Waals surface area contributed by atoms with E-state index in [1.54, 1.807) is 0 Å². The van der Waals surface area contributed by atoms with E-state index < -0.39 is 32.6 Å². The Morgan fingerprint density at radius 2 is 1.88 bits per heavy atom. The number of ether oxygens (including phenoxy) is 1. The first-order valence-corrected chi connectivity index (χ1v) is 6.54. The van der Waals surface area contributed by atoms with Crippen molar-refractivity contribution in [2.24, 2.45) is 0 Å². The fourth-order valence-corrected chi connectivity index (χ4v) is 2.10. The molecule has 0 aliphatic rings. The van der Waals surface area contributed by atoms with Gasteiger partial charge >= 0.3 is 5.97 Å². The monoisotopic (exact) mass is 333 g/mol. The van der Waals surface area contributed by atoms with Crippen molar-refractivity contribution in [1.82, 2.24) is 4.57 Å². The molecule has 0 radical (unpaired) electrons. The Morgan fingerprint density at radius 3 is 2.46 bits per heavy atom. The predicted octanol–water partition coefficient (Wildman–Crippen LogP) is 1.50. The molecule has 0 aliphatic heterocycles. The van der Waals surface area contributed by atoms with E-state index in [9.17, 15) is 29.8 Å². The van der Waals surface area contributed by atoms with Crippen LogP contribution >= 0.6 is 0 Å². The van der Waals surface area contributed by atoms with Gasteiger partial charge in [0.15, 0.2) is 0 Å². The van der Waals surface area contributed by atoms with E-state index in [-0.39, 0.29) is 17.8 Å². The van der Waals surface area contributed by atoms with Gasteiger partial charge in [-0.15, -0.1) is 0 Å². The molecule has 10 nitrogen and oxygen atoms in total. The number of rotatable bonds is 5. The van der Waals surface area contributed by atoms with Crippen LogP contribution in [0, 0.1) is 20.2 Å². The molecule has 1 aromatic carbocycles. The van der Waals surface area contributed by atoms with Gasteiger partial charge in [0.05, 0.1) is 29.7 Å². The number of aromatic nitrogens is 1. The average molecular weight is 333 g/mol. The molecule has 0 amide bonds. The smallest absolute Gasteiger partial charge is 0.343 e. The number of hydrogen-bond donors (Lipinski definition) is 0. The molecule has 0 fully saturated rings. The molecular formula is C14H11N3O7. The molecule has 1 aromatic heterocycles. The number of para-hydroxylation sites is 1. The highest BCUT2D eigenvalue weighted by molar-refractivity contribution is 5.89. The van der Waals surface area contributed by atoms with Gasteiger partial charge in [0.1, 0.15) is 5.56 Å². The Morgan fingerprint density at radius 1 is 1.21 bits per heavy atom. The van der Waals surface area contributed by atoms with Crippen LogP contribution in [-0.4, -0.2) is 27.5 Å². The molecule has 1 heterocycles. The first-order valence-electron chi connectivity index (χ1n) is 6.54. The van der Waals surface area contributed by atoms with Crippen molar-refractivity contribution in [3.63, 3.8) is 0 Å². The zero-order valence-electron chi connectivity index (χ0n) is 12.4. The molecule has 10 heteroatoms. The van der Waals surface area contributed by atoms with Crippen molar-refractivity contribution >= 4 is 17.3 Å². The fourth-order valence-electron chi connectivity index (χ4n) is 2.10. The van der Waals surface area contributed by atoms with Gasteiger partial charge in [-0.05, 0) is 0 Å². The molecule has 24 heavy (non-hydrogen) atoms. The maximum absolute atomic E-state index is 12.3. The summed E-state index contributed by atoms with van der Waals surface area (Å²) in [6, 6.07) is 6.47. The predicted molar refractivity (Wildman–Crippen MR) is 80.9 cm³/mol. The summed E-state index contributed by atoms with van der Waals surface area (Å²) in [4.78, 5) is 44.5. The molecule has 0 spiro atoms. The van der Waals surface area contributed by atoms with Gasteiger partial charge < -0.3 is 9.30 Å². The third kappa shape index (κ3) is 3.27. The molecule has 0 aliphatic carbocycles. The third-order valence-electron chi connectivity index (χ3n) is 3.22. The first kappa shape index (κ1) is 16.8. The second kappa shape index (κ2) is 6.69. The van der Waals surface area contributed by atoms with Crippen molar-refractivity contribution in [3.8, 4) is 0 Å². The van der Waals surface area contributed by atoms with Crippen LogP contribution in [0.1, 0.15) is 15.9 Å². The number of nitro benzene ring substituents is 1. The summed E-state index contributed by atoms with van der Waals surface area (Å²) >= 11 is 0. The molecule has 0 unspecified atom stereocenters. The van der Waals surface area contributed by atoms with E-state index in [0.717, 1.165) is 23.9 Å². The van der Waals surface area contributed by atoms with Crippen molar-refractivity contribution in [2.45, 2.75) is 6.54 Å². The standard InChI is InChI=1S/C14H11N3O7/c1-24-14(19)11-6-10(16(20)21)8-15(13(11)18)7-9-4-2-3-5-12(9)17(22)23/h2-6,8H,7H2,1H3. The number of carbonyl (C=O) groups is 1. The van der Waals surface area contributed by atoms with E-state index >= 15 is 0 Å². The lowest BCUT2D eigenvalue weighted by atomic mass is 10.1. The van der Waals surface area contributed by atoms with E-state index in [0.29, 0.717) is 0 Å². The maximum Gasteiger partial charge on any atom is 0.343 e. The van der Waals surface area contributed by atoms with Gasteiger partial charge in [0.25, 0.3) is 16.9 Å². The second-order valence-electron chi connectivity index (χ2n) is 4.68. The summed E-state index contributed by atoms with van der Waals surface area (Å²) in [5.41, 5.74) is -1.94. The highest BCUT2D eigenvalue weighted by Crippen LogP contribution is 2.19. The van der Waals surface area contributed by atoms with Gasteiger partial charge in [0.2, 0.25) is 0 Å². The number of carbonyl (C=O) groups excluding carboxylic acids is 1. The number of benzene rings is 1. The van der Waals surface area contributed by atoms with Gasteiger partial charge in [-0.1, -0.05) is 18.2 Å². The number of pyridine rings is 1. The minimum Gasteiger partial charge on any atom is -0.465 e. The maximum atomic E-state index is 12.3. The third-order valence-corrected chi connectivity index (χ3v) is 3.22. The normalized spacial score (nSPS) is 10.2. The minimum absolute atomic E-state index is 0.168. The van der Waals surface area contributed by atoms with Crippen LogP contribution in [0.25, 0.3) is 0 Å². The van der Waals surface area contributed by atoms with E-state index in [1.165, 1.54) is 24.3 Å². The molecule has 2 aromatic rings. The summed E-state index contributed by atoms with van der Waals surface area (Å²) < 4.78 is 5.30. The molecule has 0 bridgehead atoms. The molecule has 0 atom stereocenters. The van der Waals surface area contributed by atoms with Crippen LogP contribution in [0.2, 0.25) is 0 Å². The quantitative estimate of drug-likeness (QED) is 0.459. The van der Waals surface area contributed by atoms with Crippen LogP contribution in [0.15, 0.2) is 41.3 Å². The lowest BCUT2D eigenvalue weighted by Gasteiger charge is -2.08. The van der Waals surface area contributed by atoms with Crippen LogP contribution in [0.5, 0.6) is 0 Å². The van der Waals surface area contributed by atoms with Crippen molar-refractivity contribution < 1.29 is 19.4 Å². The summed E-state index contributed by atoms with van der Waals surface area (Å²) in [5.74, 6) is -1.03. The lowest BCUT2D eigenvalue weighted by molar-refractivity contribution is -0.386. The van der Waals surface area contributed by atoms with Gasteiger partial charge in [-0.2, -0.15) is 0 Å². The first-order chi connectivity index (χ1) is 11.3. The molecule has 0 saturated heterocycles. The lowest BCUT2D eigenvalue weighted by Crippen LogP contribution is -2.27. The van der Waals surface area contributed by atoms with Gasteiger partial charge in [-0.25, -0.2) is 4.79 Å². The Kier molecular flexibility index (Phi) is 4.68. The molecule has 2 rings (SSSR count). The van der Waals surface area contributed by atoms with Crippen molar-refractivity contribution in [1.29, 1.82) is 0 Å². The van der Waals surface area contributed by atoms with Crippen LogP contribution in [-0.2, 0) is 11.3 Å². The number of nitro groups is 2. The van der Waals surface area contributed by atoms with Crippen LogP contribution < -0.4 is 5.56 Å². The molecule has 0 N–H and O–H groups in total. The van der Waals surface area contributed by atoms with E-state index in [1.807, 2.05) is 0 Å². The topological polar surface area (TPSA) is 135 Å². The SMILES string of the molecule is COC(=O)c1cc([N+](=O)[O-])cn(Cc2ccccc2[N+](=O)[O-])c1=O. The Balaban J connectivity index is 2.61. The highest BCUT2D eigenvalue weighted by Gasteiger charge is 2.21. The molecular weight excluding hydrogens is 322 g/mol. The van der Waals surface area contributed by atoms with Crippen molar-refractivity contribution in [2.75, 3.05) is 7.11 Å². The zero-order chi connectivity index (χ0) is 17.9. The number of nitrogens with zero attached hydrogens (tertiary/aromatic N) is 3. The molecule has 0 saturated carbocycles. The Bertz CT molecular complexity index is 888. The summed E-state index contributed by atoms with van der Waals surface area (Å²) in [6.07, 6.45) is 0.922. The number of methoxy groups -OCH3 is 1. The van der Waals surface area contributed by atoms with Gasteiger partial charge in [0, 0.05) is 17.7 Å². The van der Waals surface area contributed by atoms with Crippen LogP contribution in [0.3, 0.4) is 0 Å². The Labute approximate surface area is 134 Å². The number of esters is 1. The summed E-state index contributed by atoms with van der Waals surface area (Å²) in [6.45, 7) is -0.304. The summed E-state index contributed by atoms with van der Waals surface area (Å²) in [5, 5.41) is 22.0. The molecule has 124 valence electrons. The second-order valence-corrected chi connectivity index (χ2v) is 4.68.